The van der Waals surface area contributed by atoms with Gasteiger partial charge in [-0.25, -0.2) is 0 Å². The summed E-state index contributed by atoms with van der Waals surface area (Å²) in [6.45, 7) is 2.66. The highest BCUT2D eigenvalue weighted by atomic mass is 16.5. The Kier molecular flexibility index (Phi) is 3.69. The summed E-state index contributed by atoms with van der Waals surface area (Å²) in [4.78, 5) is 2.69. The lowest BCUT2D eigenvalue weighted by Crippen LogP contribution is -2.47. The van der Waals surface area contributed by atoms with E-state index in [1.165, 1.54) is 58.0 Å². The molecule has 0 radical (unpaired) electrons. The van der Waals surface area contributed by atoms with Gasteiger partial charge in [-0.3, -0.25) is 4.90 Å². The molecule has 2 aliphatic heterocycles. The van der Waals surface area contributed by atoms with E-state index in [0.717, 1.165) is 12.1 Å². The molecule has 3 aliphatic rings. The van der Waals surface area contributed by atoms with Gasteiger partial charge in [0.05, 0.1) is 6.10 Å². The topological polar surface area (TPSA) is 24.5 Å². The van der Waals surface area contributed by atoms with Gasteiger partial charge in [0.1, 0.15) is 0 Å². The van der Waals surface area contributed by atoms with E-state index < -0.39 is 0 Å². The van der Waals surface area contributed by atoms with Crippen LogP contribution >= 0.6 is 0 Å². The molecule has 2 saturated heterocycles. The Morgan fingerprint density at radius 1 is 1.06 bits per heavy atom. The molecule has 0 aromatic carbocycles. The first-order valence-corrected chi connectivity index (χ1v) is 7.39. The molecule has 0 spiro atoms. The highest BCUT2D eigenvalue weighted by Crippen LogP contribution is 2.30. The third kappa shape index (κ3) is 2.51. The van der Waals surface area contributed by atoms with Crippen LogP contribution in [0.1, 0.15) is 44.9 Å². The summed E-state index contributed by atoms with van der Waals surface area (Å²) in [5, 5.41) is 3.93. The Balaban J connectivity index is 1.52. The normalized spacial score (nSPS) is 42.9. The first-order valence-electron chi connectivity index (χ1n) is 7.39. The van der Waals surface area contributed by atoms with E-state index in [2.05, 4.69) is 10.2 Å². The lowest BCUT2D eigenvalue weighted by atomic mass is 9.91. The average molecular weight is 238 g/mol. The van der Waals surface area contributed by atoms with Crippen LogP contribution in [0.2, 0.25) is 0 Å². The van der Waals surface area contributed by atoms with E-state index in [9.17, 15) is 0 Å². The molecule has 3 fully saturated rings. The van der Waals surface area contributed by atoms with Gasteiger partial charge >= 0.3 is 0 Å². The Morgan fingerprint density at radius 2 is 2.00 bits per heavy atom. The van der Waals surface area contributed by atoms with Crippen molar-refractivity contribution in [3.05, 3.63) is 0 Å². The number of ether oxygens (including phenoxy) is 1. The summed E-state index contributed by atoms with van der Waals surface area (Å²) in [5.74, 6) is 0. The molecule has 4 atom stereocenters. The van der Waals surface area contributed by atoms with Crippen molar-refractivity contribution in [3.8, 4) is 0 Å². The molecule has 1 aliphatic carbocycles. The second-order valence-electron chi connectivity index (χ2n) is 6.03. The molecule has 3 nitrogen and oxygen atoms in total. The Bertz CT molecular complexity index is 259. The third-order valence-corrected chi connectivity index (χ3v) is 5.02. The fourth-order valence-corrected chi connectivity index (χ4v) is 4.09. The number of nitrogens with one attached hydrogen (secondary N) is 1. The summed E-state index contributed by atoms with van der Waals surface area (Å²) >= 11 is 0. The zero-order valence-electron chi connectivity index (χ0n) is 11.0. The van der Waals surface area contributed by atoms with Crippen LogP contribution in [-0.4, -0.2) is 49.3 Å². The number of methoxy groups -OCH3 is 1. The van der Waals surface area contributed by atoms with Crippen LogP contribution in [0.5, 0.6) is 0 Å². The van der Waals surface area contributed by atoms with Crippen molar-refractivity contribution in [3.63, 3.8) is 0 Å². The fraction of sp³-hybridized carbons (Fsp3) is 1.00. The highest BCUT2D eigenvalue weighted by Gasteiger charge is 2.38. The molecule has 3 heteroatoms. The summed E-state index contributed by atoms with van der Waals surface area (Å²) in [5.41, 5.74) is 0. The van der Waals surface area contributed by atoms with Crippen molar-refractivity contribution in [2.75, 3.05) is 20.2 Å². The molecular formula is C14H26N2O. The van der Waals surface area contributed by atoms with E-state index in [1.807, 2.05) is 7.11 Å². The van der Waals surface area contributed by atoms with Crippen molar-refractivity contribution in [2.45, 2.75) is 69.2 Å². The number of fused-ring (bicyclic) bond motifs is 1. The van der Waals surface area contributed by atoms with E-state index in [-0.39, 0.29) is 0 Å². The minimum atomic E-state index is 0.502. The largest absolute Gasteiger partial charge is 0.381 e. The smallest absolute Gasteiger partial charge is 0.0586 e. The molecule has 0 bridgehead atoms. The zero-order valence-corrected chi connectivity index (χ0v) is 11.0. The number of nitrogens with zero attached hydrogens (tertiary/aromatic N) is 1. The maximum atomic E-state index is 5.52. The van der Waals surface area contributed by atoms with Gasteiger partial charge in [-0.2, -0.15) is 0 Å². The van der Waals surface area contributed by atoms with Crippen LogP contribution in [0, 0.1) is 0 Å². The molecule has 98 valence electrons. The summed E-state index contributed by atoms with van der Waals surface area (Å²) in [6.07, 6.45) is 9.85. The Hall–Kier alpha value is -0.120. The molecule has 4 unspecified atom stereocenters. The van der Waals surface area contributed by atoms with Crippen molar-refractivity contribution >= 4 is 0 Å². The summed E-state index contributed by atoms with van der Waals surface area (Å²) < 4.78 is 5.52. The second kappa shape index (κ2) is 5.25. The van der Waals surface area contributed by atoms with Gasteiger partial charge < -0.3 is 10.1 Å². The first-order chi connectivity index (χ1) is 8.36. The van der Waals surface area contributed by atoms with Gasteiger partial charge in [-0.15, -0.1) is 0 Å². The van der Waals surface area contributed by atoms with Gasteiger partial charge in [-0.05, 0) is 51.5 Å². The molecule has 2 heterocycles. The van der Waals surface area contributed by atoms with Gasteiger partial charge in [0.25, 0.3) is 0 Å². The quantitative estimate of drug-likeness (QED) is 0.811. The predicted octanol–water partition coefficient (Wildman–Crippen LogP) is 1.77. The SMILES string of the molecule is COC1CCCC(NC2CCN3CCCC23)C1. The van der Waals surface area contributed by atoms with Crippen LogP contribution < -0.4 is 5.32 Å². The number of hydrogen-bond acceptors (Lipinski definition) is 3. The molecule has 0 aromatic rings. The average Bonchev–Trinajstić information content (AvgIpc) is 2.94. The first kappa shape index (κ1) is 11.9. The maximum absolute atomic E-state index is 5.52. The highest BCUT2D eigenvalue weighted by molar-refractivity contribution is 4.97. The van der Waals surface area contributed by atoms with Crippen molar-refractivity contribution < 1.29 is 4.74 Å². The number of hydrogen-bond donors (Lipinski definition) is 1. The molecule has 17 heavy (non-hydrogen) atoms. The minimum Gasteiger partial charge on any atom is -0.381 e. The molecule has 0 amide bonds. The van der Waals surface area contributed by atoms with Crippen LogP contribution in [0.4, 0.5) is 0 Å². The van der Waals surface area contributed by atoms with Crippen LogP contribution in [0.25, 0.3) is 0 Å². The number of rotatable bonds is 3. The van der Waals surface area contributed by atoms with Crippen LogP contribution in [0.15, 0.2) is 0 Å². The molecule has 0 aromatic heterocycles. The standard InChI is InChI=1S/C14H26N2O/c1-17-12-5-2-4-11(10-12)15-13-7-9-16-8-3-6-14(13)16/h11-15H,2-10H2,1H3. The maximum Gasteiger partial charge on any atom is 0.0586 e. The monoisotopic (exact) mass is 238 g/mol. The summed E-state index contributed by atoms with van der Waals surface area (Å²) in [6, 6.07) is 2.32. The Morgan fingerprint density at radius 3 is 2.88 bits per heavy atom. The van der Waals surface area contributed by atoms with Crippen LogP contribution in [-0.2, 0) is 4.74 Å². The predicted molar refractivity (Wildman–Crippen MR) is 69.2 cm³/mol. The van der Waals surface area contributed by atoms with E-state index in [1.54, 1.807) is 0 Å². The summed E-state index contributed by atoms with van der Waals surface area (Å²) in [7, 11) is 1.86. The second-order valence-corrected chi connectivity index (χ2v) is 6.03. The molecular weight excluding hydrogens is 212 g/mol. The van der Waals surface area contributed by atoms with E-state index >= 15 is 0 Å². The van der Waals surface area contributed by atoms with Gasteiger partial charge in [-0.1, -0.05) is 0 Å². The van der Waals surface area contributed by atoms with E-state index in [4.69, 9.17) is 4.74 Å². The molecule has 3 rings (SSSR count). The molecule has 1 saturated carbocycles. The van der Waals surface area contributed by atoms with Gasteiger partial charge in [0.2, 0.25) is 0 Å². The van der Waals surface area contributed by atoms with E-state index in [0.29, 0.717) is 12.1 Å². The fourth-order valence-electron chi connectivity index (χ4n) is 4.09. The van der Waals surface area contributed by atoms with Crippen LogP contribution in [0.3, 0.4) is 0 Å². The third-order valence-electron chi connectivity index (χ3n) is 5.02. The molecule has 1 N–H and O–H groups in total. The van der Waals surface area contributed by atoms with Crippen molar-refractivity contribution in [2.24, 2.45) is 0 Å². The zero-order chi connectivity index (χ0) is 11.7. The van der Waals surface area contributed by atoms with Crippen molar-refractivity contribution in [1.29, 1.82) is 0 Å². The van der Waals surface area contributed by atoms with Crippen molar-refractivity contribution in [1.82, 2.24) is 10.2 Å². The lowest BCUT2D eigenvalue weighted by molar-refractivity contribution is 0.0561. The minimum absolute atomic E-state index is 0.502. The van der Waals surface area contributed by atoms with Gasteiger partial charge in [0.15, 0.2) is 0 Å². The van der Waals surface area contributed by atoms with Gasteiger partial charge in [0, 0.05) is 31.8 Å². The Labute approximate surface area is 105 Å². The lowest BCUT2D eigenvalue weighted by Gasteiger charge is -2.32.